The second kappa shape index (κ2) is 6.59. The fourth-order valence-corrected chi connectivity index (χ4v) is 1.93. The molecule has 0 bridgehead atoms. The smallest absolute Gasteiger partial charge is 0.177 e. The Bertz CT molecular complexity index is 490. The van der Waals surface area contributed by atoms with Crippen LogP contribution in [-0.2, 0) is 11.3 Å². The van der Waals surface area contributed by atoms with Gasteiger partial charge >= 0.3 is 0 Å². The molecule has 4 heteroatoms. The molecule has 0 N–H and O–H groups in total. The summed E-state index contributed by atoms with van der Waals surface area (Å²) in [5.74, 6) is -0.0782. The van der Waals surface area contributed by atoms with Crippen LogP contribution in [0.25, 0.3) is 0 Å². The Balaban J connectivity index is 2.90. The topological polar surface area (TPSA) is 26.3 Å². The Morgan fingerprint density at radius 2 is 1.85 bits per heavy atom. The van der Waals surface area contributed by atoms with Gasteiger partial charge in [-0.1, -0.05) is 42.8 Å². The lowest BCUT2D eigenvalue weighted by Crippen LogP contribution is -2.39. The molecule has 0 saturated heterocycles. The maximum absolute atomic E-state index is 11.6. The normalized spacial score (nSPS) is 12.6. The van der Waals surface area contributed by atoms with E-state index in [1.165, 1.54) is 0 Å². The molecule has 0 spiro atoms. The lowest BCUT2D eigenvalue weighted by molar-refractivity contribution is -0.0998. The highest BCUT2D eigenvalue weighted by atomic mass is 79.9. The largest absolute Gasteiger partial charge is 0.370 e. The minimum Gasteiger partial charge on any atom is -0.370 e. The van der Waals surface area contributed by atoms with Crippen molar-refractivity contribution in [3.05, 3.63) is 33.8 Å². The van der Waals surface area contributed by atoms with Gasteiger partial charge in [-0.3, -0.25) is 4.79 Å². The van der Waals surface area contributed by atoms with E-state index in [0.717, 1.165) is 10.0 Å². The molecule has 1 aromatic rings. The summed E-state index contributed by atoms with van der Waals surface area (Å²) < 4.78 is 6.99. The molecule has 0 aromatic heterocycles. The number of alkyl halides is 1. The summed E-state index contributed by atoms with van der Waals surface area (Å²) in [4.78, 5) is 11.6. The number of hydrogen-bond acceptors (Lipinski definition) is 2. The standard InChI is InChI=1S/C16H22BrClO2/c1-15(2,3)16(4,5)20-10-12-8-11(14(19)9-18)6-7-13(12)17/h6-8H,9-10H2,1-5H3. The molecule has 0 heterocycles. The van der Waals surface area contributed by atoms with Crippen molar-refractivity contribution < 1.29 is 9.53 Å². The quantitative estimate of drug-likeness (QED) is 0.531. The van der Waals surface area contributed by atoms with E-state index in [2.05, 4.69) is 50.5 Å². The molecule has 1 aromatic carbocycles. The third kappa shape index (κ3) is 4.31. The zero-order valence-corrected chi connectivity index (χ0v) is 15.1. The molecule has 112 valence electrons. The molecule has 0 unspecified atom stereocenters. The first-order valence-electron chi connectivity index (χ1n) is 6.60. The molecule has 2 nitrogen and oxygen atoms in total. The molecule has 0 atom stereocenters. The molecule has 0 aliphatic heterocycles. The monoisotopic (exact) mass is 360 g/mol. The number of benzene rings is 1. The average molecular weight is 362 g/mol. The summed E-state index contributed by atoms with van der Waals surface area (Å²) in [6, 6.07) is 5.48. The van der Waals surface area contributed by atoms with Gasteiger partial charge in [0.15, 0.2) is 5.78 Å². The molecule has 0 aliphatic rings. The van der Waals surface area contributed by atoms with Crippen molar-refractivity contribution in [2.75, 3.05) is 5.88 Å². The van der Waals surface area contributed by atoms with Crippen molar-refractivity contribution in [2.45, 2.75) is 46.8 Å². The van der Waals surface area contributed by atoms with E-state index in [-0.39, 0.29) is 22.7 Å². The molecule has 0 aliphatic carbocycles. The number of halogens is 2. The van der Waals surface area contributed by atoms with Gasteiger partial charge in [-0.15, -0.1) is 11.6 Å². The first kappa shape index (κ1) is 17.7. The van der Waals surface area contributed by atoms with Gasteiger partial charge in [0.1, 0.15) is 0 Å². The van der Waals surface area contributed by atoms with Gasteiger partial charge in [0.25, 0.3) is 0 Å². The second-order valence-electron chi connectivity index (χ2n) is 6.41. The fraction of sp³-hybridized carbons (Fsp3) is 0.562. The Kier molecular flexibility index (Phi) is 5.82. The molecular formula is C16H22BrClO2. The summed E-state index contributed by atoms with van der Waals surface area (Å²) in [7, 11) is 0. The van der Waals surface area contributed by atoms with Crippen LogP contribution in [0.4, 0.5) is 0 Å². The van der Waals surface area contributed by atoms with Gasteiger partial charge in [-0.05, 0) is 37.0 Å². The molecule has 0 radical (unpaired) electrons. The van der Waals surface area contributed by atoms with Crippen molar-refractivity contribution in [2.24, 2.45) is 5.41 Å². The molecule has 1 rings (SSSR count). The van der Waals surface area contributed by atoms with E-state index in [1.54, 1.807) is 6.07 Å². The number of hydrogen-bond donors (Lipinski definition) is 0. The van der Waals surface area contributed by atoms with Crippen molar-refractivity contribution in [1.29, 1.82) is 0 Å². The Morgan fingerprint density at radius 3 is 2.35 bits per heavy atom. The second-order valence-corrected chi connectivity index (χ2v) is 7.53. The van der Waals surface area contributed by atoms with Crippen molar-refractivity contribution in [3.8, 4) is 0 Å². The molecule has 0 saturated carbocycles. The van der Waals surface area contributed by atoms with Crippen molar-refractivity contribution in [1.82, 2.24) is 0 Å². The minimum atomic E-state index is -0.265. The van der Waals surface area contributed by atoms with Gasteiger partial charge < -0.3 is 4.74 Å². The third-order valence-corrected chi connectivity index (χ3v) is 4.90. The summed E-state index contributed by atoms with van der Waals surface area (Å²) >= 11 is 9.09. The Labute approximate surface area is 135 Å². The highest BCUT2D eigenvalue weighted by molar-refractivity contribution is 9.10. The highest BCUT2D eigenvalue weighted by Crippen LogP contribution is 2.34. The first-order valence-corrected chi connectivity index (χ1v) is 7.93. The zero-order chi connectivity index (χ0) is 15.6. The van der Waals surface area contributed by atoms with Gasteiger partial charge in [-0.2, -0.15) is 0 Å². The van der Waals surface area contributed by atoms with Crippen LogP contribution in [0.3, 0.4) is 0 Å². The molecular weight excluding hydrogens is 340 g/mol. The van der Waals surface area contributed by atoms with Crippen LogP contribution in [0.2, 0.25) is 0 Å². The fourth-order valence-electron chi connectivity index (χ4n) is 1.41. The van der Waals surface area contributed by atoms with E-state index in [1.807, 2.05) is 12.1 Å². The lowest BCUT2D eigenvalue weighted by Gasteiger charge is -2.38. The van der Waals surface area contributed by atoms with Crippen molar-refractivity contribution >= 4 is 33.3 Å². The maximum Gasteiger partial charge on any atom is 0.177 e. The van der Waals surface area contributed by atoms with E-state index < -0.39 is 0 Å². The van der Waals surface area contributed by atoms with Gasteiger partial charge in [-0.25, -0.2) is 0 Å². The lowest BCUT2D eigenvalue weighted by atomic mass is 9.79. The van der Waals surface area contributed by atoms with E-state index in [0.29, 0.717) is 12.2 Å². The van der Waals surface area contributed by atoms with Crippen LogP contribution in [0, 0.1) is 5.41 Å². The molecule has 0 fully saturated rings. The van der Waals surface area contributed by atoms with Crippen LogP contribution in [-0.4, -0.2) is 17.3 Å². The van der Waals surface area contributed by atoms with Crippen LogP contribution >= 0.6 is 27.5 Å². The van der Waals surface area contributed by atoms with E-state index in [4.69, 9.17) is 16.3 Å². The average Bonchev–Trinajstić information content (AvgIpc) is 2.35. The minimum absolute atomic E-state index is 0.00455. The summed E-state index contributed by atoms with van der Waals surface area (Å²) in [6.07, 6.45) is 0. The highest BCUT2D eigenvalue weighted by Gasteiger charge is 2.33. The van der Waals surface area contributed by atoms with Crippen LogP contribution in [0.1, 0.15) is 50.5 Å². The number of carbonyl (C=O) groups is 1. The Morgan fingerprint density at radius 1 is 1.25 bits per heavy atom. The number of ether oxygens (including phenoxy) is 1. The van der Waals surface area contributed by atoms with Gasteiger partial charge in [0.05, 0.1) is 18.1 Å². The van der Waals surface area contributed by atoms with Crippen LogP contribution < -0.4 is 0 Å². The summed E-state index contributed by atoms with van der Waals surface area (Å²) in [6.45, 7) is 11.1. The van der Waals surface area contributed by atoms with Crippen molar-refractivity contribution in [3.63, 3.8) is 0 Å². The number of Topliss-reactive ketones (excluding diaryl/α,β-unsaturated/α-hetero) is 1. The molecule has 20 heavy (non-hydrogen) atoms. The predicted octanol–water partition coefficient (Wildman–Crippen LogP) is 5.21. The number of rotatable bonds is 5. The predicted molar refractivity (Wildman–Crippen MR) is 87.5 cm³/mol. The molecule has 0 amide bonds. The number of carbonyl (C=O) groups excluding carboxylic acids is 1. The van der Waals surface area contributed by atoms with Gasteiger partial charge in [0.2, 0.25) is 0 Å². The Hall–Kier alpha value is -0.380. The SMILES string of the molecule is CC(C)(C)C(C)(C)OCc1cc(C(=O)CCl)ccc1Br. The summed E-state index contributed by atoms with van der Waals surface area (Å²) in [5.41, 5.74) is 1.34. The van der Waals surface area contributed by atoms with Crippen LogP contribution in [0.15, 0.2) is 22.7 Å². The maximum atomic E-state index is 11.6. The number of ketones is 1. The van der Waals surface area contributed by atoms with Crippen LogP contribution in [0.5, 0.6) is 0 Å². The summed E-state index contributed by atoms with van der Waals surface area (Å²) in [5, 5.41) is 0. The van der Waals surface area contributed by atoms with E-state index in [9.17, 15) is 4.79 Å². The third-order valence-electron chi connectivity index (χ3n) is 3.88. The van der Waals surface area contributed by atoms with Gasteiger partial charge in [0, 0.05) is 10.0 Å². The zero-order valence-electron chi connectivity index (χ0n) is 12.7. The first-order chi connectivity index (χ1) is 9.08. The van der Waals surface area contributed by atoms with E-state index >= 15 is 0 Å².